The van der Waals surface area contributed by atoms with Crippen LogP contribution in [0.1, 0.15) is 18.0 Å². The van der Waals surface area contributed by atoms with Crippen LogP contribution in [-0.2, 0) is 9.59 Å². The molecule has 1 aromatic carbocycles. The molecule has 2 rings (SSSR count). The number of hydrogen-bond acceptors (Lipinski definition) is 4. The summed E-state index contributed by atoms with van der Waals surface area (Å²) < 4.78 is 0. The second kappa shape index (κ2) is 6.69. The van der Waals surface area contributed by atoms with Gasteiger partial charge in [0.1, 0.15) is 0 Å². The summed E-state index contributed by atoms with van der Waals surface area (Å²) in [5, 5.41) is 8.80. The number of nitrogens with two attached hydrogens (primary N) is 1. The minimum Gasteiger partial charge on any atom is -0.481 e. The van der Waals surface area contributed by atoms with E-state index >= 15 is 0 Å². The Morgan fingerprint density at radius 1 is 1.33 bits per heavy atom. The molecule has 1 amide bonds. The summed E-state index contributed by atoms with van der Waals surface area (Å²) in [6.07, 6.45) is -0.341. The number of amides is 1. The summed E-state index contributed by atoms with van der Waals surface area (Å²) >= 11 is 0. The Bertz CT molecular complexity index is 506. The number of carbonyl (C=O) groups is 2. The first-order valence-corrected chi connectivity index (χ1v) is 7.00. The minimum absolute atomic E-state index is 0.0858. The minimum atomic E-state index is -1.05. The van der Waals surface area contributed by atoms with Crippen LogP contribution in [0.2, 0.25) is 0 Å². The normalized spacial score (nSPS) is 21.0. The van der Waals surface area contributed by atoms with Crippen molar-refractivity contribution in [1.29, 1.82) is 0 Å². The molecule has 1 aliphatic rings. The van der Waals surface area contributed by atoms with Crippen molar-refractivity contribution in [3.63, 3.8) is 0 Å². The SMILES string of the molecule is CN1CCN(C(=O)C(N)CC(=O)O)C(c2ccccc2)C1. The van der Waals surface area contributed by atoms with Crippen LogP contribution >= 0.6 is 0 Å². The zero-order valence-electron chi connectivity index (χ0n) is 12.1. The number of carbonyl (C=O) groups excluding carboxylic acids is 1. The van der Waals surface area contributed by atoms with Crippen molar-refractivity contribution in [2.75, 3.05) is 26.7 Å². The van der Waals surface area contributed by atoms with Crippen molar-refractivity contribution < 1.29 is 14.7 Å². The lowest BCUT2D eigenvalue weighted by molar-refractivity contribution is -0.144. The van der Waals surface area contributed by atoms with Gasteiger partial charge in [0, 0.05) is 19.6 Å². The van der Waals surface area contributed by atoms with Gasteiger partial charge in [0.25, 0.3) is 0 Å². The van der Waals surface area contributed by atoms with Crippen LogP contribution in [0.15, 0.2) is 30.3 Å². The Morgan fingerprint density at radius 2 is 2.00 bits per heavy atom. The van der Waals surface area contributed by atoms with Crippen LogP contribution < -0.4 is 5.73 Å². The van der Waals surface area contributed by atoms with Crippen molar-refractivity contribution in [2.45, 2.75) is 18.5 Å². The van der Waals surface area contributed by atoms with E-state index in [0.29, 0.717) is 6.54 Å². The number of rotatable bonds is 4. The number of likely N-dealkylation sites (N-methyl/N-ethyl adjacent to an activating group) is 1. The first kappa shape index (κ1) is 15.5. The molecule has 1 aromatic rings. The van der Waals surface area contributed by atoms with E-state index in [1.54, 1.807) is 4.90 Å². The molecule has 1 heterocycles. The first-order valence-electron chi connectivity index (χ1n) is 7.00. The summed E-state index contributed by atoms with van der Waals surface area (Å²) in [6, 6.07) is 8.68. The highest BCUT2D eigenvalue weighted by molar-refractivity contribution is 5.86. The monoisotopic (exact) mass is 291 g/mol. The maximum absolute atomic E-state index is 12.4. The molecule has 2 unspecified atom stereocenters. The summed E-state index contributed by atoms with van der Waals surface area (Å²) in [5.74, 6) is -1.35. The van der Waals surface area contributed by atoms with E-state index in [-0.39, 0.29) is 18.4 Å². The Balaban J connectivity index is 2.19. The van der Waals surface area contributed by atoms with Crippen molar-refractivity contribution in [2.24, 2.45) is 5.73 Å². The fourth-order valence-corrected chi connectivity index (χ4v) is 2.63. The third-order valence-corrected chi connectivity index (χ3v) is 3.76. The molecule has 114 valence electrons. The Labute approximate surface area is 124 Å². The van der Waals surface area contributed by atoms with Gasteiger partial charge in [-0.15, -0.1) is 0 Å². The van der Waals surface area contributed by atoms with E-state index in [0.717, 1.165) is 18.7 Å². The molecule has 0 saturated carbocycles. The first-order chi connectivity index (χ1) is 9.99. The van der Waals surface area contributed by atoms with Crippen molar-refractivity contribution >= 4 is 11.9 Å². The van der Waals surface area contributed by atoms with Gasteiger partial charge in [0.05, 0.1) is 18.5 Å². The predicted molar refractivity (Wildman–Crippen MR) is 78.6 cm³/mol. The van der Waals surface area contributed by atoms with Gasteiger partial charge in [0.15, 0.2) is 0 Å². The van der Waals surface area contributed by atoms with Gasteiger partial charge in [-0.3, -0.25) is 9.59 Å². The van der Waals surface area contributed by atoms with E-state index < -0.39 is 12.0 Å². The number of piperazine rings is 1. The van der Waals surface area contributed by atoms with Crippen molar-refractivity contribution in [3.8, 4) is 0 Å². The highest BCUT2D eigenvalue weighted by atomic mass is 16.4. The molecule has 3 N–H and O–H groups in total. The molecule has 0 spiro atoms. The number of hydrogen-bond donors (Lipinski definition) is 2. The Kier molecular flexibility index (Phi) is 4.93. The molecule has 0 bridgehead atoms. The summed E-state index contributed by atoms with van der Waals surface area (Å²) in [4.78, 5) is 27.1. The second-order valence-electron chi connectivity index (χ2n) is 5.42. The molecule has 6 heteroatoms. The summed E-state index contributed by atoms with van der Waals surface area (Å²) in [7, 11) is 2.01. The van der Waals surface area contributed by atoms with Crippen LogP contribution in [0, 0.1) is 0 Å². The van der Waals surface area contributed by atoms with E-state index in [1.165, 1.54) is 0 Å². The largest absolute Gasteiger partial charge is 0.481 e. The maximum Gasteiger partial charge on any atom is 0.305 e. The summed E-state index contributed by atoms with van der Waals surface area (Å²) in [6.45, 7) is 2.03. The van der Waals surface area contributed by atoms with E-state index in [2.05, 4.69) is 4.90 Å². The maximum atomic E-state index is 12.4. The lowest BCUT2D eigenvalue weighted by Gasteiger charge is -2.41. The molecule has 0 aromatic heterocycles. The number of carboxylic acids is 1. The molecule has 0 aliphatic carbocycles. The van der Waals surface area contributed by atoms with Crippen molar-refractivity contribution in [3.05, 3.63) is 35.9 Å². The molecule has 1 aliphatic heterocycles. The number of aliphatic carboxylic acids is 1. The van der Waals surface area contributed by atoms with Crippen LogP contribution in [0.25, 0.3) is 0 Å². The van der Waals surface area contributed by atoms with Gasteiger partial charge in [-0.25, -0.2) is 0 Å². The molecule has 1 fully saturated rings. The second-order valence-corrected chi connectivity index (χ2v) is 5.42. The third-order valence-electron chi connectivity index (χ3n) is 3.76. The fourth-order valence-electron chi connectivity index (χ4n) is 2.63. The third kappa shape index (κ3) is 3.80. The Hall–Kier alpha value is -1.92. The lowest BCUT2D eigenvalue weighted by Crippen LogP contribution is -2.54. The zero-order chi connectivity index (χ0) is 15.4. The molecule has 6 nitrogen and oxygen atoms in total. The molecular formula is C15H21N3O3. The van der Waals surface area contributed by atoms with E-state index in [4.69, 9.17) is 10.8 Å². The van der Waals surface area contributed by atoms with Crippen LogP contribution in [0.3, 0.4) is 0 Å². The molecule has 21 heavy (non-hydrogen) atoms. The Morgan fingerprint density at radius 3 is 2.62 bits per heavy atom. The number of carboxylic acid groups (broad SMARTS) is 1. The zero-order valence-corrected chi connectivity index (χ0v) is 12.1. The van der Waals surface area contributed by atoms with E-state index in [9.17, 15) is 9.59 Å². The van der Waals surface area contributed by atoms with Crippen LogP contribution in [0.5, 0.6) is 0 Å². The predicted octanol–water partition coefficient (Wildman–Crippen LogP) is 0.304. The topological polar surface area (TPSA) is 86.9 Å². The van der Waals surface area contributed by atoms with Crippen LogP contribution in [-0.4, -0.2) is 59.5 Å². The summed E-state index contributed by atoms with van der Waals surface area (Å²) in [5.41, 5.74) is 6.78. The molecule has 2 atom stereocenters. The van der Waals surface area contributed by atoms with Gasteiger partial charge >= 0.3 is 5.97 Å². The van der Waals surface area contributed by atoms with Gasteiger partial charge in [-0.2, -0.15) is 0 Å². The highest BCUT2D eigenvalue weighted by Gasteiger charge is 2.33. The van der Waals surface area contributed by atoms with Gasteiger partial charge in [-0.05, 0) is 12.6 Å². The average Bonchev–Trinajstić information content (AvgIpc) is 2.46. The van der Waals surface area contributed by atoms with Gasteiger partial charge in [-0.1, -0.05) is 30.3 Å². The van der Waals surface area contributed by atoms with Crippen molar-refractivity contribution in [1.82, 2.24) is 9.80 Å². The fraction of sp³-hybridized carbons (Fsp3) is 0.467. The number of nitrogens with zero attached hydrogens (tertiary/aromatic N) is 2. The van der Waals surface area contributed by atoms with Gasteiger partial charge < -0.3 is 20.6 Å². The standard InChI is InChI=1S/C15H21N3O3/c1-17-7-8-18(15(21)12(16)9-14(19)20)13(10-17)11-5-3-2-4-6-11/h2-6,12-13H,7-10,16H2,1H3,(H,19,20). The van der Waals surface area contributed by atoms with Crippen LogP contribution in [0.4, 0.5) is 0 Å². The molecular weight excluding hydrogens is 270 g/mol. The molecule has 1 saturated heterocycles. The quantitative estimate of drug-likeness (QED) is 0.833. The highest BCUT2D eigenvalue weighted by Crippen LogP contribution is 2.25. The number of benzene rings is 1. The average molecular weight is 291 g/mol. The smallest absolute Gasteiger partial charge is 0.305 e. The molecule has 0 radical (unpaired) electrons. The van der Waals surface area contributed by atoms with Gasteiger partial charge in [0.2, 0.25) is 5.91 Å². The van der Waals surface area contributed by atoms with E-state index in [1.807, 2.05) is 37.4 Å². The lowest BCUT2D eigenvalue weighted by atomic mass is 10.0.